The summed E-state index contributed by atoms with van der Waals surface area (Å²) in [5.74, 6) is -0.229. The van der Waals surface area contributed by atoms with E-state index in [-0.39, 0.29) is 23.3 Å². The summed E-state index contributed by atoms with van der Waals surface area (Å²) in [6.07, 6.45) is -0.474. The van der Waals surface area contributed by atoms with E-state index >= 15 is 0 Å². The van der Waals surface area contributed by atoms with E-state index in [4.69, 9.17) is 14.5 Å². The molecule has 0 amide bonds. The van der Waals surface area contributed by atoms with Gasteiger partial charge < -0.3 is 19.1 Å². The van der Waals surface area contributed by atoms with Gasteiger partial charge in [-0.05, 0) is 36.8 Å². The first-order valence-corrected chi connectivity index (χ1v) is 9.59. The van der Waals surface area contributed by atoms with Gasteiger partial charge in [0.15, 0.2) is 5.60 Å². The summed E-state index contributed by atoms with van der Waals surface area (Å²) in [5, 5.41) is 11.8. The number of esters is 1. The lowest BCUT2D eigenvalue weighted by Crippen LogP contribution is -2.45. The summed E-state index contributed by atoms with van der Waals surface area (Å²) in [7, 11) is 1.60. The lowest BCUT2D eigenvalue weighted by Gasteiger charge is -2.31. The maximum Gasteiger partial charge on any atom is 0.343 e. The maximum absolute atomic E-state index is 13.2. The Labute approximate surface area is 170 Å². The van der Waals surface area contributed by atoms with Crippen molar-refractivity contribution in [2.24, 2.45) is 0 Å². The van der Waals surface area contributed by atoms with Gasteiger partial charge in [-0.2, -0.15) is 0 Å². The van der Waals surface area contributed by atoms with Crippen molar-refractivity contribution in [2.45, 2.75) is 32.1 Å². The Morgan fingerprint density at radius 1 is 1.30 bits per heavy atom. The van der Waals surface area contributed by atoms with Crippen LogP contribution in [0.4, 0.5) is 4.39 Å². The number of cyclic esters (lactones) is 1. The maximum atomic E-state index is 13.2. The highest BCUT2D eigenvalue weighted by Gasteiger charge is 2.46. The molecule has 0 fully saturated rings. The fraction of sp³-hybridized carbons (Fsp3) is 0.318. The van der Waals surface area contributed by atoms with Crippen LogP contribution in [-0.4, -0.2) is 34.4 Å². The zero-order valence-electron chi connectivity index (χ0n) is 16.5. The SMILES string of the molecule is COc1ccc2nc3c(c(C)c2c1)Cn1c-3cc2c(c1=O)COC(=O)C2(O)CCF. The number of aromatic nitrogens is 2. The third kappa shape index (κ3) is 2.37. The third-order valence-corrected chi connectivity index (χ3v) is 6.12. The molecule has 1 aromatic carbocycles. The summed E-state index contributed by atoms with van der Waals surface area (Å²) in [5.41, 5.74) is 1.45. The number of aryl methyl sites for hydroxylation is 1. The molecular weight excluding hydrogens is 391 g/mol. The van der Waals surface area contributed by atoms with Crippen LogP contribution in [0, 0.1) is 6.92 Å². The van der Waals surface area contributed by atoms with Crippen molar-refractivity contribution >= 4 is 16.9 Å². The number of ether oxygens (including phenoxy) is 2. The highest BCUT2D eigenvalue weighted by Crippen LogP contribution is 2.40. The number of carbonyl (C=O) groups excluding carboxylic acids is 1. The Kier molecular flexibility index (Phi) is 3.98. The zero-order chi connectivity index (χ0) is 21.2. The van der Waals surface area contributed by atoms with Gasteiger partial charge in [0.05, 0.1) is 42.8 Å². The summed E-state index contributed by atoms with van der Waals surface area (Å²) in [6.45, 7) is 1.11. The van der Waals surface area contributed by atoms with Crippen LogP contribution in [0.5, 0.6) is 5.75 Å². The summed E-state index contributed by atoms with van der Waals surface area (Å²) >= 11 is 0. The fourth-order valence-corrected chi connectivity index (χ4v) is 4.42. The number of carbonyl (C=O) groups is 1. The Hall–Kier alpha value is -3.26. The molecule has 0 spiro atoms. The minimum atomic E-state index is -2.18. The first-order chi connectivity index (χ1) is 14.4. The second kappa shape index (κ2) is 6.37. The van der Waals surface area contributed by atoms with Gasteiger partial charge in [0.2, 0.25) is 0 Å². The minimum absolute atomic E-state index is 0.106. The van der Waals surface area contributed by atoms with Gasteiger partial charge in [0, 0.05) is 22.9 Å². The summed E-state index contributed by atoms with van der Waals surface area (Å²) < 4.78 is 25.0. The lowest BCUT2D eigenvalue weighted by atomic mass is 9.85. The number of benzene rings is 1. The van der Waals surface area contributed by atoms with E-state index in [9.17, 15) is 19.1 Å². The van der Waals surface area contributed by atoms with Gasteiger partial charge in [-0.1, -0.05) is 0 Å². The molecule has 2 aromatic heterocycles. The van der Waals surface area contributed by atoms with Crippen LogP contribution in [0.15, 0.2) is 29.1 Å². The molecule has 7 nitrogen and oxygen atoms in total. The lowest BCUT2D eigenvalue weighted by molar-refractivity contribution is -0.173. The predicted octanol–water partition coefficient (Wildman–Crippen LogP) is 2.35. The smallest absolute Gasteiger partial charge is 0.343 e. The largest absolute Gasteiger partial charge is 0.497 e. The van der Waals surface area contributed by atoms with Crippen LogP contribution in [0.1, 0.15) is 28.7 Å². The highest BCUT2D eigenvalue weighted by atomic mass is 19.1. The summed E-state index contributed by atoms with van der Waals surface area (Å²) in [6, 6.07) is 7.14. The van der Waals surface area contributed by atoms with Crippen LogP contribution in [0.3, 0.4) is 0 Å². The molecule has 2 aliphatic heterocycles. The van der Waals surface area contributed by atoms with Crippen molar-refractivity contribution in [2.75, 3.05) is 13.8 Å². The standard InChI is InChI=1S/C22H19FN2O5/c1-11-13-7-12(29-2)3-4-17(13)24-19-14(11)9-25-18(19)8-16-15(20(25)26)10-30-21(27)22(16,28)5-6-23/h3-4,7-8,28H,5-6,9-10H2,1-2H3. The van der Waals surface area contributed by atoms with Crippen LogP contribution < -0.4 is 10.3 Å². The van der Waals surface area contributed by atoms with Crippen molar-refractivity contribution in [3.63, 3.8) is 0 Å². The number of aliphatic hydroxyl groups is 1. The van der Waals surface area contributed by atoms with Gasteiger partial charge in [0.1, 0.15) is 12.4 Å². The van der Waals surface area contributed by atoms with Crippen molar-refractivity contribution in [3.05, 3.63) is 56.9 Å². The van der Waals surface area contributed by atoms with E-state index in [1.807, 2.05) is 25.1 Å². The zero-order valence-corrected chi connectivity index (χ0v) is 16.5. The predicted molar refractivity (Wildman–Crippen MR) is 106 cm³/mol. The first kappa shape index (κ1) is 18.7. The molecule has 0 saturated heterocycles. The van der Waals surface area contributed by atoms with Crippen LogP contribution in [-0.2, 0) is 28.3 Å². The number of fused-ring (bicyclic) bond motifs is 5. The minimum Gasteiger partial charge on any atom is -0.497 e. The van der Waals surface area contributed by atoms with Crippen molar-refractivity contribution in [1.29, 1.82) is 0 Å². The van der Waals surface area contributed by atoms with E-state index in [0.717, 1.165) is 22.0 Å². The number of alkyl halides is 1. The van der Waals surface area contributed by atoms with Crippen LogP contribution >= 0.6 is 0 Å². The van der Waals surface area contributed by atoms with E-state index < -0.39 is 24.7 Å². The molecule has 2 aliphatic rings. The van der Waals surface area contributed by atoms with Gasteiger partial charge in [-0.3, -0.25) is 9.18 Å². The summed E-state index contributed by atoms with van der Waals surface area (Å²) in [4.78, 5) is 30.2. The van der Waals surface area contributed by atoms with E-state index in [1.165, 1.54) is 0 Å². The molecule has 1 N–H and O–H groups in total. The Morgan fingerprint density at radius 3 is 2.83 bits per heavy atom. The molecule has 0 bridgehead atoms. The second-order valence-electron chi connectivity index (χ2n) is 7.64. The number of nitrogens with zero attached hydrogens (tertiary/aromatic N) is 2. The van der Waals surface area contributed by atoms with E-state index in [0.29, 0.717) is 23.7 Å². The molecule has 3 aromatic rings. The fourth-order valence-electron chi connectivity index (χ4n) is 4.42. The monoisotopic (exact) mass is 410 g/mol. The Bertz CT molecular complexity index is 1300. The average Bonchev–Trinajstić information content (AvgIpc) is 3.11. The number of pyridine rings is 2. The number of hydrogen-bond acceptors (Lipinski definition) is 6. The van der Waals surface area contributed by atoms with Crippen LogP contribution in [0.25, 0.3) is 22.3 Å². The Balaban J connectivity index is 1.78. The number of hydrogen-bond donors (Lipinski definition) is 1. The number of halogens is 1. The van der Waals surface area contributed by atoms with Crippen molar-refractivity contribution in [1.82, 2.24) is 9.55 Å². The van der Waals surface area contributed by atoms with Crippen molar-refractivity contribution in [3.8, 4) is 17.1 Å². The molecule has 1 atom stereocenters. The quantitative estimate of drug-likeness (QED) is 0.522. The second-order valence-corrected chi connectivity index (χ2v) is 7.64. The van der Waals surface area contributed by atoms with Crippen molar-refractivity contribution < 1.29 is 23.8 Å². The highest BCUT2D eigenvalue weighted by molar-refractivity contribution is 5.89. The van der Waals surface area contributed by atoms with Gasteiger partial charge >= 0.3 is 5.97 Å². The Morgan fingerprint density at radius 2 is 2.10 bits per heavy atom. The number of rotatable bonds is 3. The van der Waals surface area contributed by atoms with Gasteiger partial charge in [-0.25, -0.2) is 9.78 Å². The van der Waals surface area contributed by atoms with Gasteiger partial charge in [-0.15, -0.1) is 0 Å². The van der Waals surface area contributed by atoms with Gasteiger partial charge in [0.25, 0.3) is 5.56 Å². The van der Waals surface area contributed by atoms with E-state index in [1.54, 1.807) is 17.7 Å². The normalized spacial score (nSPS) is 19.3. The number of methoxy groups -OCH3 is 1. The van der Waals surface area contributed by atoms with Crippen LogP contribution in [0.2, 0.25) is 0 Å². The first-order valence-electron chi connectivity index (χ1n) is 9.59. The molecule has 30 heavy (non-hydrogen) atoms. The molecule has 5 rings (SSSR count). The molecule has 0 saturated carbocycles. The molecular formula is C22H19FN2O5. The molecule has 4 heterocycles. The molecule has 0 radical (unpaired) electrons. The third-order valence-electron chi connectivity index (χ3n) is 6.12. The molecule has 154 valence electrons. The molecule has 8 heteroatoms. The molecule has 1 unspecified atom stereocenters. The molecule has 0 aliphatic carbocycles. The topological polar surface area (TPSA) is 90.7 Å². The van der Waals surface area contributed by atoms with E-state index in [2.05, 4.69) is 0 Å². The average molecular weight is 410 g/mol.